The Morgan fingerprint density at radius 1 is 1.12 bits per heavy atom. The fourth-order valence-electron chi connectivity index (χ4n) is 2.09. The van der Waals surface area contributed by atoms with Crippen LogP contribution in [0.15, 0.2) is 4.42 Å². The van der Waals surface area contributed by atoms with Gasteiger partial charge in [-0.2, -0.15) is 0 Å². The summed E-state index contributed by atoms with van der Waals surface area (Å²) < 4.78 is 5.62. The van der Waals surface area contributed by atoms with Gasteiger partial charge in [0.05, 0.1) is 0 Å². The van der Waals surface area contributed by atoms with Crippen molar-refractivity contribution in [3.8, 4) is 0 Å². The standard InChI is InChI=1S/C14H25NO/c1-9-10(2)16-11(3)13(9)12(15)7-8-14(4,5)6/h12H,7-8,15H2,1-6H3. The Morgan fingerprint density at radius 2 is 1.69 bits per heavy atom. The van der Waals surface area contributed by atoms with Crippen LogP contribution in [0.5, 0.6) is 0 Å². The number of nitrogens with two attached hydrogens (primary N) is 1. The summed E-state index contributed by atoms with van der Waals surface area (Å²) in [5, 5.41) is 0. The summed E-state index contributed by atoms with van der Waals surface area (Å²) in [5.41, 5.74) is 9.03. The van der Waals surface area contributed by atoms with Gasteiger partial charge in [0.25, 0.3) is 0 Å². The van der Waals surface area contributed by atoms with Gasteiger partial charge in [0, 0.05) is 11.6 Å². The highest BCUT2D eigenvalue weighted by Crippen LogP contribution is 2.31. The summed E-state index contributed by atoms with van der Waals surface area (Å²) in [6, 6.07) is 0.108. The van der Waals surface area contributed by atoms with Crippen molar-refractivity contribution in [3.63, 3.8) is 0 Å². The van der Waals surface area contributed by atoms with Crippen molar-refractivity contribution in [2.24, 2.45) is 11.1 Å². The Kier molecular flexibility index (Phi) is 3.84. The van der Waals surface area contributed by atoms with E-state index in [0.717, 1.165) is 24.4 Å². The highest BCUT2D eigenvalue weighted by atomic mass is 16.3. The minimum absolute atomic E-state index is 0.108. The smallest absolute Gasteiger partial charge is 0.106 e. The third-order valence-electron chi connectivity index (χ3n) is 3.19. The number of aryl methyl sites for hydroxylation is 2. The van der Waals surface area contributed by atoms with E-state index in [1.807, 2.05) is 13.8 Å². The second-order valence-electron chi connectivity index (χ2n) is 5.96. The van der Waals surface area contributed by atoms with Gasteiger partial charge in [0.15, 0.2) is 0 Å². The molecule has 92 valence electrons. The first-order valence-electron chi connectivity index (χ1n) is 6.04. The van der Waals surface area contributed by atoms with Gasteiger partial charge in [-0.1, -0.05) is 20.8 Å². The molecule has 0 aliphatic heterocycles. The normalized spacial score (nSPS) is 14.2. The molecule has 0 radical (unpaired) electrons. The molecule has 2 nitrogen and oxygen atoms in total. The summed E-state index contributed by atoms with van der Waals surface area (Å²) >= 11 is 0. The molecule has 2 N–H and O–H groups in total. The van der Waals surface area contributed by atoms with E-state index >= 15 is 0 Å². The molecule has 2 heteroatoms. The van der Waals surface area contributed by atoms with Gasteiger partial charge in [0.2, 0.25) is 0 Å². The lowest BCUT2D eigenvalue weighted by Gasteiger charge is -2.21. The molecule has 0 bridgehead atoms. The topological polar surface area (TPSA) is 39.2 Å². The van der Waals surface area contributed by atoms with Gasteiger partial charge in [-0.25, -0.2) is 0 Å². The van der Waals surface area contributed by atoms with Gasteiger partial charge >= 0.3 is 0 Å². The minimum Gasteiger partial charge on any atom is -0.466 e. The molecular formula is C14H25NO. The van der Waals surface area contributed by atoms with Crippen molar-refractivity contribution in [1.82, 2.24) is 0 Å². The van der Waals surface area contributed by atoms with Gasteiger partial charge < -0.3 is 10.2 Å². The van der Waals surface area contributed by atoms with E-state index in [1.165, 1.54) is 11.1 Å². The van der Waals surface area contributed by atoms with Gasteiger partial charge in [-0.3, -0.25) is 0 Å². The Balaban J connectivity index is 2.77. The number of hydrogen-bond donors (Lipinski definition) is 1. The number of rotatable bonds is 3. The Hall–Kier alpha value is -0.760. The maximum Gasteiger partial charge on any atom is 0.106 e. The second kappa shape index (κ2) is 4.62. The summed E-state index contributed by atoms with van der Waals surface area (Å²) in [4.78, 5) is 0. The molecule has 0 fully saturated rings. The highest BCUT2D eigenvalue weighted by Gasteiger charge is 2.20. The van der Waals surface area contributed by atoms with Crippen molar-refractivity contribution in [2.75, 3.05) is 0 Å². The Bertz CT molecular complexity index is 358. The highest BCUT2D eigenvalue weighted by molar-refractivity contribution is 5.33. The lowest BCUT2D eigenvalue weighted by molar-refractivity contribution is 0.348. The van der Waals surface area contributed by atoms with Crippen LogP contribution in [0.4, 0.5) is 0 Å². The van der Waals surface area contributed by atoms with Gasteiger partial charge in [-0.05, 0) is 44.6 Å². The van der Waals surface area contributed by atoms with Crippen LogP contribution < -0.4 is 5.73 Å². The fourth-order valence-corrected chi connectivity index (χ4v) is 2.09. The lowest BCUT2D eigenvalue weighted by atomic mass is 9.87. The molecule has 0 amide bonds. The minimum atomic E-state index is 0.108. The molecule has 1 aromatic rings. The van der Waals surface area contributed by atoms with Gasteiger partial charge in [-0.15, -0.1) is 0 Å². The van der Waals surface area contributed by atoms with Crippen LogP contribution in [0.25, 0.3) is 0 Å². The molecule has 0 aliphatic carbocycles. The molecule has 1 atom stereocenters. The average molecular weight is 223 g/mol. The predicted octanol–water partition coefficient (Wildman–Crippen LogP) is 4.03. The first-order chi connectivity index (χ1) is 7.22. The molecule has 1 aromatic heterocycles. The van der Waals surface area contributed by atoms with Crippen molar-refractivity contribution in [1.29, 1.82) is 0 Å². The average Bonchev–Trinajstić information content (AvgIpc) is 2.36. The molecule has 0 saturated heterocycles. The number of hydrogen-bond acceptors (Lipinski definition) is 2. The molecule has 1 rings (SSSR count). The molecule has 1 unspecified atom stereocenters. The van der Waals surface area contributed by atoms with Crippen LogP contribution >= 0.6 is 0 Å². The zero-order chi connectivity index (χ0) is 12.5. The van der Waals surface area contributed by atoms with E-state index in [-0.39, 0.29) is 6.04 Å². The quantitative estimate of drug-likeness (QED) is 0.840. The Morgan fingerprint density at radius 3 is 2.06 bits per heavy atom. The zero-order valence-electron chi connectivity index (χ0n) is 11.5. The van der Waals surface area contributed by atoms with Crippen LogP contribution in [0.1, 0.15) is 62.3 Å². The van der Waals surface area contributed by atoms with Crippen LogP contribution in [0.2, 0.25) is 0 Å². The summed E-state index contributed by atoms with van der Waals surface area (Å²) in [6.07, 6.45) is 2.15. The van der Waals surface area contributed by atoms with Crippen LogP contribution in [-0.2, 0) is 0 Å². The van der Waals surface area contributed by atoms with Crippen LogP contribution in [0, 0.1) is 26.2 Å². The maximum atomic E-state index is 6.26. The summed E-state index contributed by atoms with van der Waals surface area (Å²) in [5.74, 6) is 1.98. The molecule has 0 saturated carbocycles. The molecule has 1 heterocycles. The van der Waals surface area contributed by atoms with Crippen molar-refractivity contribution >= 4 is 0 Å². The summed E-state index contributed by atoms with van der Waals surface area (Å²) in [6.45, 7) is 12.9. The number of furan rings is 1. The first-order valence-corrected chi connectivity index (χ1v) is 6.04. The van der Waals surface area contributed by atoms with Gasteiger partial charge in [0.1, 0.15) is 11.5 Å². The largest absolute Gasteiger partial charge is 0.466 e. The first kappa shape index (κ1) is 13.3. The van der Waals surface area contributed by atoms with Crippen LogP contribution in [0.3, 0.4) is 0 Å². The van der Waals surface area contributed by atoms with E-state index in [1.54, 1.807) is 0 Å². The third kappa shape index (κ3) is 3.11. The fraction of sp³-hybridized carbons (Fsp3) is 0.714. The lowest BCUT2D eigenvalue weighted by Crippen LogP contribution is -2.15. The zero-order valence-corrected chi connectivity index (χ0v) is 11.5. The SMILES string of the molecule is Cc1oc(C)c(C(N)CCC(C)(C)C)c1C. The van der Waals surface area contributed by atoms with Crippen molar-refractivity contribution < 1.29 is 4.42 Å². The van der Waals surface area contributed by atoms with E-state index in [2.05, 4.69) is 27.7 Å². The molecular weight excluding hydrogens is 198 g/mol. The predicted molar refractivity (Wildman–Crippen MR) is 68.5 cm³/mol. The molecule has 16 heavy (non-hydrogen) atoms. The van der Waals surface area contributed by atoms with E-state index in [0.29, 0.717) is 5.41 Å². The third-order valence-corrected chi connectivity index (χ3v) is 3.19. The molecule has 0 aliphatic rings. The van der Waals surface area contributed by atoms with E-state index in [9.17, 15) is 0 Å². The molecule has 0 spiro atoms. The second-order valence-corrected chi connectivity index (χ2v) is 5.96. The van der Waals surface area contributed by atoms with Crippen molar-refractivity contribution in [2.45, 2.75) is 60.4 Å². The monoisotopic (exact) mass is 223 g/mol. The van der Waals surface area contributed by atoms with Crippen molar-refractivity contribution in [3.05, 3.63) is 22.6 Å². The van der Waals surface area contributed by atoms with E-state index < -0.39 is 0 Å². The van der Waals surface area contributed by atoms with E-state index in [4.69, 9.17) is 10.2 Å². The summed E-state index contributed by atoms with van der Waals surface area (Å²) in [7, 11) is 0. The Labute approximate surface area is 99.2 Å². The molecule has 0 aromatic carbocycles. The maximum absolute atomic E-state index is 6.26. The van der Waals surface area contributed by atoms with Crippen LogP contribution in [-0.4, -0.2) is 0 Å².